The van der Waals surface area contributed by atoms with Crippen LogP contribution in [-0.4, -0.2) is 52.1 Å². The summed E-state index contributed by atoms with van der Waals surface area (Å²) in [4.78, 5) is 6.31. The highest BCUT2D eigenvalue weighted by molar-refractivity contribution is 5.40. The molecule has 3 atom stereocenters. The van der Waals surface area contributed by atoms with Crippen LogP contribution in [-0.2, 0) is 6.54 Å². The number of nitrogens with zero attached hydrogens (tertiary/aromatic N) is 4. The zero-order valence-corrected chi connectivity index (χ0v) is 16.6. The van der Waals surface area contributed by atoms with E-state index < -0.39 is 12.2 Å². The summed E-state index contributed by atoms with van der Waals surface area (Å²) in [7, 11) is 1.67. The van der Waals surface area contributed by atoms with Gasteiger partial charge in [0.2, 0.25) is 5.95 Å². The van der Waals surface area contributed by atoms with E-state index in [0.29, 0.717) is 0 Å². The van der Waals surface area contributed by atoms with E-state index in [4.69, 9.17) is 4.74 Å². The second-order valence-electron chi connectivity index (χ2n) is 7.98. The summed E-state index contributed by atoms with van der Waals surface area (Å²) in [6.07, 6.45) is -1.32. The van der Waals surface area contributed by atoms with Crippen LogP contribution >= 0.6 is 0 Å². The number of ether oxygens (including phenoxy) is 1. The number of benzene rings is 1. The number of aryl methyl sites for hydroxylation is 1. The van der Waals surface area contributed by atoms with Crippen molar-refractivity contribution in [2.75, 3.05) is 25.5 Å². The Morgan fingerprint density at radius 3 is 2.90 bits per heavy atom. The van der Waals surface area contributed by atoms with Crippen LogP contribution in [0.4, 0.5) is 19.1 Å². The molecule has 29 heavy (non-hydrogen) atoms. The fourth-order valence-corrected chi connectivity index (χ4v) is 4.66. The number of aromatic nitrogens is 3. The molecule has 1 aromatic carbocycles. The van der Waals surface area contributed by atoms with Crippen LogP contribution < -0.4 is 10.1 Å². The molecule has 6 nitrogen and oxygen atoms in total. The molecule has 0 spiro atoms. The molecule has 0 saturated carbocycles. The SMILES string of the molecule is COc1c(C)cccc1CN1CCC[C@H]([C@@H]2C[C@H](C(F)(F)F)n3ncnc3N2)C1. The van der Waals surface area contributed by atoms with Crippen LogP contribution in [0.2, 0.25) is 0 Å². The van der Waals surface area contributed by atoms with E-state index in [1.807, 2.05) is 19.1 Å². The minimum Gasteiger partial charge on any atom is -0.496 e. The summed E-state index contributed by atoms with van der Waals surface area (Å²) < 4.78 is 47.3. The van der Waals surface area contributed by atoms with Gasteiger partial charge in [0.25, 0.3) is 0 Å². The largest absolute Gasteiger partial charge is 0.496 e. The van der Waals surface area contributed by atoms with Gasteiger partial charge in [-0.05, 0) is 44.2 Å². The molecule has 3 heterocycles. The van der Waals surface area contributed by atoms with Gasteiger partial charge in [-0.1, -0.05) is 18.2 Å². The van der Waals surface area contributed by atoms with E-state index in [-0.39, 0.29) is 24.3 Å². The van der Waals surface area contributed by atoms with E-state index in [1.54, 1.807) is 7.11 Å². The molecule has 0 aliphatic carbocycles. The predicted octanol–water partition coefficient (Wildman–Crippen LogP) is 3.79. The summed E-state index contributed by atoms with van der Waals surface area (Å²) in [6.45, 7) is 4.42. The molecule has 2 aromatic rings. The highest BCUT2D eigenvalue weighted by atomic mass is 19.4. The Morgan fingerprint density at radius 2 is 2.14 bits per heavy atom. The number of methoxy groups -OCH3 is 1. The summed E-state index contributed by atoms with van der Waals surface area (Å²) in [5.74, 6) is 1.21. The maximum Gasteiger partial charge on any atom is 0.411 e. The van der Waals surface area contributed by atoms with Gasteiger partial charge in [-0.3, -0.25) is 4.90 Å². The van der Waals surface area contributed by atoms with E-state index >= 15 is 0 Å². The third kappa shape index (κ3) is 4.05. The predicted molar refractivity (Wildman–Crippen MR) is 103 cm³/mol. The van der Waals surface area contributed by atoms with Crippen molar-refractivity contribution in [3.63, 3.8) is 0 Å². The number of hydrogen-bond donors (Lipinski definition) is 1. The summed E-state index contributed by atoms with van der Waals surface area (Å²) in [5, 5.41) is 6.98. The van der Waals surface area contributed by atoms with Crippen molar-refractivity contribution in [3.8, 4) is 5.75 Å². The van der Waals surface area contributed by atoms with Crippen molar-refractivity contribution in [1.82, 2.24) is 19.7 Å². The molecule has 4 rings (SSSR count). The van der Waals surface area contributed by atoms with Gasteiger partial charge in [-0.2, -0.15) is 23.3 Å². The number of halogens is 3. The number of nitrogens with one attached hydrogen (secondary N) is 1. The van der Waals surface area contributed by atoms with Gasteiger partial charge >= 0.3 is 6.18 Å². The number of fused-ring (bicyclic) bond motifs is 1. The monoisotopic (exact) mass is 409 g/mol. The average Bonchev–Trinajstić information content (AvgIpc) is 3.15. The van der Waals surface area contributed by atoms with Crippen molar-refractivity contribution in [3.05, 3.63) is 35.7 Å². The fourth-order valence-electron chi connectivity index (χ4n) is 4.66. The second-order valence-corrected chi connectivity index (χ2v) is 7.98. The van der Waals surface area contributed by atoms with Gasteiger partial charge in [0.05, 0.1) is 7.11 Å². The van der Waals surface area contributed by atoms with Crippen LogP contribution in [0.1, 0.15) is 36.4 Å². The van der Waals surface area contributed by atoms with E-state index in [9.17, 15) is 13.2 Å². The first-order valence-electron chi connectivity index (χ1n) is 9.94. The fraction of sp³-hybridized carbons (Fsp3) is 0.600. The minimum absolute atomic E-state index is 0.0217. The first kappa shape index (κ1) is 20.0. The number of alkyl halides is 3. The molecule has 2 aliphatic heterocycles. The third-order valence-electron chi connectivity index (χ3n) is 6.04. The van der Waals surface area contributed by atoms with Crippen LogP contribution in [0.25, 0.3) is 0 Å². The zero-order chi connectivity index (χ0) is 20.6. The molecule has 1 saturated heterocycles. The molecule has 9 heteroatoms. The van der Waals surface area contributed by atoms with Crippen LogP contribution in [0, 0.1) is 12.8 Å². The Morgan fingerprint density at radius 1 is 1.31 bits per heavy atom. The molecule has 1 aromatic heterocycles. The molecule has 2 aliphatic rings. The lowest BCUT2D eigenvalue weighted by Crippen LogP contribution is -2.47. The molecule has 1 fully saturated rings. The van der Waals surface area contributed by atoms with Crippen LogP contribution in [0.5, 0.6) is 5.75 Å². The normalized spacial score (nSPS) is 25.3. The van der Waals surface area contributed by atoms with Crippen LogP contribution in [0.15, 0.2) is 24.5 Å². The average molecular weight is 409 g/mol. The van der Waals surface area contributed by atoms with Crippen molar-refractivity contribution in [1.29, 1.82) is 0 Å². The Hall–Kier alpha value is -2.29. The lowest BCUT2D eigenvalue weighted by molar-refractivity contribution is -0.174. The highest BCUT2D eigenvalue weighted by Crippen LogP contribution is 2.41. The van der Waals surface area contributed by atoms with Crippen molar-refractivity contribution < 1.29 is 17.9 Å². The molecular formula is C20H26F3N5O. The van der Waals surface area contributed by atoms with E-state index in [0.717, 1.165) is 54.0 Å². The Balaban J connectivity index is 1.49. The molecule has 158 valence electrons. The second kappa shape index (κ2) is 7.85. The Kier molecular flexibility index (Phi) is 5.42. The van der Waals surface area contributed by atoms with Gasteiger partial charge in [0, 0.05) is 24.7 Å². The number of anilines is 1. The van der Waals surface area contributed by atoms with Gasteiger partial charge in [-0.25, -0.2) is 4.68 Å². The van der Waals surface area contributed by atoms with Gasteiger partial charge in [-0.15, -0.1) is 0 Å². The molecule has 1 N–H and O–H groups in total. The number of para-hydroxylation sites is 1. The molecule has 0 unspecified atom stereocenters. The van der Waals surface area contributed by atoms with Gasteiger partial charge in [0.1, 0.15) is 12.1 Å². The highest BCUT2D eigenvalue weighted by Gasteiger charge is 2.48. The topological polar surface area (TPSA) is 55.2 Å². The summed E-state index contributed by atoms with van der Waals surface area (Å²) in [6, 6.07) is 4.17. The summed E-state index contributed by atoms with van der Waals surface area (Å²) in [5.41, 5.74) is 2.19. The molecule has 0 bridgehead atoms. The quantitative estimate of drug-likeness (QED) is 0.833. The maximum atomic E-state index is 13.6. The lowest BCUT2D eigenvalue weighted by Gasteiger charge is -2.41. The zero-order valence-electron chi connectivity index (χ0n) is 16.6. The number of rotatable bonds is 4. The minimum atomic E-state index is -4.34. The van der Waals surface area contributed by atoms with Crippen molar-refractivity contribution >= 4 is 5.95 Å². The lowest BCUT2D eigenvalue weighted by atomic mass is 9.85. The van der Waals surface area contributed by atoms with Gasteiger partial charge in [0.15, 0.2) is 6.04 Å². The number of hydrogen-bond acceptors (Lipinski definition) is 5. The molecule has 0 radical (unpaired) electrons. The first-order valence-corrected chi connectivity index (χ1v) is 9.94. The number of piperidine rings is 1. The smallest absolute Gasteiger partial charge is 0.411 e. The summed E-state index contributed by atoms with van der Waals surface area (Å²) >= 11 is 0. The van der Waals surface area contributed by atoms with Crippen molar-refractivity contribution in [2.45, 2.75) is 51.0 Å². The Bertz CT molecular complexity index is 853. The van der Waals surface area contributed by atoms with E-state index in [2.05, 4.69) is 26.4 Å². The molecular weight excluding hydrogens is 383 g/mol. The van der Waals surface area contributed by atoms with E-state index in [1.165, 1.54) is 6.33 Å². The number of likely N-dealkylation sites (tertiary alicyclic amines) is 1. The van der Waals surface area contributed by atoms with Gasteiger partial charge < -0.3 is 10.1 Å². The van der Waals surface area contributed by atoms with Crippen molar-refractivity contribution in [2.24, 2.45) is 5.92 Å². The first-order chi connectivity index (χ1) is 13.9. The molecule has 0 amide bonds. The van der Waals surface area contributed by atoms with Crippen LogP contribution in [0.3, 0.4) is 0 Å². The Labute approximate surface area is 168 Å². The maximum absolute atomic E-state index is 13.6. The standard InChI is InChI=1S/C20H26F3N5O/c1-13-5-3-6-15(18(13)29-2)11-27-8-4-7-14(10-27)16-9-17(20(21,22)23)28-19(26-16)24-12-25-28/h3,5-6,12,14,16-17H,4,7-11H2,1-2H3,(H,24,25,26)/t14-,16-,17+/m0/s1. The third-order valence-corrected chi connectivity index (χ3v) is 6.04.